The van der Waals surface area contributed by atoms with Gasteiger partial charge in [-0.2, -0.15) is 0 Å². The molecule has 1 fully saturated rings. The predicted molar refractivity (Wildman–Crippen MR) is 65.5 cm³/mol. The van der Waals surface area contributed by atoms with E-state index >= 15 is 0 Å². The molecule has 88 valence electrons. The monoisotopic (exact) mass is 241 g/mol. The van der Waals surface area contributed by atoms with Crippen LogP contribution in [0.25, 0.3) is 0 Å². The van der Waals surface area contributed by atoms with Crippen molar-refractivity contribution in [2.24, 2.45) is 0 Å². The number of carboxylic acid groups (broad SMARTS) is 1. The van der Waals surface area contributed by atoms with E-state index < -0.39 is 5.97 Å². The summed E-state index contributed by atoms with van der Waals surface area (Å²) >= 11 is 0. The van der Waals surface area contributed by atoms with Gasteiger partial charge in [-0.3, -0.25) is 0 Å². The first kappa shape index (κ1) is 13.0. The Kier molecular flexibility index (Phi) is 4.77. The summed E-state index contributed by atoms with van der Waals surface area (Å²) in [6.07, 6.45) is 2.29. The highest BCUT2D eigenvalue weighted by molar-refractivity contribution is 5.87. The first-order chi connectivity index (χ1) is 7.27. The minimum Gasteiger partial charge on any atom is -0.478 e. The molecule has 0 unspecified atom stereocenters. The van der Waals surface area contributed by atoms with E-state index in [0.717, 1.165) is 25.9 Å². The Balaban J connectivity index is 0.00000128. The molecular weight excluding hydrogens is 226 g/mol. The zero-order valence-electron chi connectivity index (χ0n) is 8.98. The van der Waals surface area contributed by atoms with Gasteiger partial charge >= 0.3 is 5.97 Å². The van der Waals surface area contributed by atoms with Gasteiger partial charge < -0.3 is 10.4 Å². The van der Waals surface area contributed by atoms with Crippen LogP contribution < -0.4 is 5.32 Å². The van der Waals surface area contributed by atoms with E-state index in [1.165, 1.54) is 5.56 Å². The number of halogens is 1. The summed E-state index contributed by atoms with van der Waals surface area (Å²) in [5.41, 5.74) is 1.63. The number of aromatic carboxylic acids is 1. The van der Waals surface area contributed by atoms with Gasteiger partial charge in [-0.05, 0) is 49.5 Å². The number of carbonyl (C=O) groups is 1. The highest BCUT2D eigenvalue weighted by Gasteiger charge is 2.15. The summed E-state index contributed by atoms with van der Waals surface area (Å²) in [6.45, 7) is 2.12. The molecule has 1 saturated heterocycles. The Morgan fingerprint density at radius 1 is 1.19 bits per heavy atom. The standard InChI is InChI=1S/C12H15NO2.ClH/c14-12(15)11-3-1-9(2-4-11)10-5-7-13-8-6-10;/h1-4,10,13H,5-8H2,(H,14,15);1H. The fourth-order valence-corrected chi connectivity index (χ4v) is 2.05. The minimum atomic E-state index is -0.855. The Labute approximate surface area is 101 Å². The molecule has 1 aliphatic rings. The summed E-state index contributed by atoms with van der Waals surface area (Å²) in [7, 11) is 0. The van der Waals surface area contributed by atoms with Crippen LogP contribution in [-0.2, 0) is 0 Å². The molecule has 0 atom stereocenters. The quantitative estimate of drug-likeness (QED) is 0.835. The summed E-state index contributed by atoms with van der Waals surface area (Å²) in [4.78, 5) is 10.7. The lowest BCUT2D eigenvalue weighted by Gasteiger charge is -2.22. The van der Waals surface area contributed by atoms with Gasteiger partial charge in [0.25, 0.3) is 0 Å². The van der Waals surface area contributed by atoms with Crippen LogP contribution in [0.1, 0.15) is 34.7 Å². The van der Waals surface area contributed by atoms with Gasteiger partial charge in [-0.15, -0.1) is 12.4 Å². The van der Waals surface area contributed by atoms with Gasteiger partial charge in [0.15, 0.2) is 0 Å². The van der Waals surface area contributed by atoms with Crippen molar-refractivity contribution in [3.63, 3.8) is 0 Å². The van der Waals surface area contributed by atoms with Crippen molar-refractivity contribution in [2.45, 2.75) is 18.8 Å². The number of piperidine rings is 1. The second-order valence-corrected chi connectivity index (χ2v) is 3.95. The molecule has 2 N–H and O–H groups in total. The highest BCUT2D eigenvalue weighted by Crippen LogP contribution is 2.25. The predicted octanol–water partition coefficient (Wildman–Crippen LogP) is 2.27. The molecule has 1 aromatic carbocycles. The fourth-order valence-electron chi connectivity index (χ4n) is 2.05. The third-order valence-electron chi connectivity index (χ3n) is 2.97. The van der Waals surface area contributed by atoms with Gasteiger partial charge in [-0.25, -0.2) is 4.79 Å². The molecule has 4 heteroatoms. The summed E-state index contributed by atoms with van der Waals surface area (Å²) in [6, 6.07) is 7.28. The van der Waals surface area contributed by atoms with Crippen LogP contribution in [0.3, 0.4) is 0 Å². The zero-order chi connectivity index (χ0) is 10.7. The molecule has 0 aliphatic carbocycles. The number of hydrogen-bond acceptors (Lipinski definition) is 2. The van der Waals surface area contributed by atoms with Crippen molar-refractivity contribution in [2.75, 3.05) is 13.1 Å². The van der Waals surface area contributed by atoms with E-state index in [0.29, 0.717) is 11.5 Å². The smallest absolute Gasteiger partial charge is 0.335 e. The average Bonchev–Trinajstić information content (AvgIpc) is 2.30. The van der Waals surface area contributed by atoms with Gasteiger partial charge in [-0.1, -0.05) is 12.1 Å². The number of benzene rings is 1. The van der Waals surface area contributed by atoms with Gasteiger partial charge in [0.2, 0.25) is 0 Å². The molecule has 0 radical (unpaired) electrons. The van der Waals surface area contributed by atoms with E-state index in [4.69, 9.17) is 5.11 Å². The first-order valence-corrected chi connectivity index (χ1v) is 5.31. The fraction of sp³-hybridized carbons (Fsp3) is 0.417. The summed E-state index contributed by atoms with van der Waals surface area (Å²) in [5, 5.41) is 12.1. The zero-order valence-corrected chi connectivity index (χ0v) is 9.80. The lowest BCUT2D eigenvalue weighted by atomic mass is 9.90. The molecule has 0 spiro atoms. The van der Waals surface area contributed by atoms with Crippen LogP contribution in [0.5, 0.6) is 0 Å². The lowest BCUT2D eigenvalue weighted by molar-refractivity contribution is 0.0697. The van der Waals surface area contributed by atoms with Crippen LogP contribution in [0.4, 0.5) is 0 Å². The van der Waals surface area contributed by atoms with E-state index in [1.54, 1.807) is 12.1 Å². The Hall–Kier alpha value is -1.06. The van der Waals surface area contributed by atoms with Crippen LogP contribution >= 0.6 is 12.4 Å². The highest BCUT2D eigenvalue weighted by atomic mass is 35.5. The van der Waals surface area contributed by atoms with Crippen molar-refractivity contribution in [1.29, 1.82) is 0 Å². The molecule has 2 rings (SSSR count). The average molecular weight is 242 g/mol. The summed E-state index contributed by atoms with van der Waals surface area (Å²) in [5.74, 6) is -0.263. The van der Waals surface area contributed by atoms with E-state index in [9.17, 15) is 4.79 Å². The minimum absolute atomic E-state index is 0. The molecule has 16 heavy (non-hydrogen) atoms. The molecule has 3 nitrogen and oxygen atoms in total. The van der Waals surface area contributed by atoms with Gasteiger partial charge in [0, 0.05) is 0 Å². The molecule has 0 amide bonds. The van der Waals surface area contributed by atoms with Crippen LogP contribution in [0, 0.1) is 0 Å². The van der Waals surface area contributed by atoms with Gasteiger partial charge in [0.05, 0.1) is 5.56 Å². The maximum absolute atomic E-state index is 10.7. The molecule has 1 aromatic rings. The van der Waals surface area contributed by atoms with E-state index in [2.05, 4.69) is 5.32 Å². The number of nitrogens with one attached hydrogen (secondary N) is 1. The number of carboxylic acids is 1. The summed E-state index contributed by atoms with van der Waals surface area (Å²) < 4.78 is 0. The Morgan fingerprint density at radius 2 is 1.75 bits per heavy atom. The SMILES string of the molecule is Cl.O=C(O)c1ccc(C2CCNCC2)cc1. The molecule has 1 heterocycles. The van der Waals surface area contributed by atoms with E-state index in [1.807, 2.05) is 12.1 Å². The van der Waals surface area contributed by atoms with Crippen molar-refractivity contribution in [3.8, 4) is 0 Å². The van der Waals surface area contributed by atoms with E-state index in [-0.39, 0.29) is 12.4 Å². The van der Waals surface area contributed by atoms with Crippen molar-refractivity contribution < 1.29 is 9.90 Å². The third kappa shape index (κ3) is 2.97. The molecular formula is C12H16ClNO2. The van der Waals surface area contributed by atoms with Crippen LogP contribution in [0.2, 0.25) is 0 Å². The van der Waals surface area contributed by atoms with Gasteiger partial charge in [0.1, 0.15) is 0 Å². The maximum Gasteiger partial charge on any atom is 0.335 e. The maximum atomic E-state index is 10.7. The molecule has 0 bridgehead atoms. The molecule has 1 aliphatic heterocycles. The largest absolute Gasteiger partial charge is 0.478 e. The first-order valence-electron chi connectivity index (χ1n) is 5.31. The van der Waals surface area contributed by atoms with Crippen molar-refractivity contribution >= 4 is 18.4 Å². The topological polar surface area (TPSA) is 49.3 Å². The van der Waals surface area contributed by atoms with Crippen molar-refractivity contribution in [3.05, 3.63) is 35.4 Å². The van der Waals surface area contributed by atoms with Crippen molar-refractivity contribution in [1.82, 2.24) is 5.32 Å². The Morgan fingerprint density at radius 3 is 2.25 bits per heavy atom. The second kappa shape index (κ2) is 5.87. The number of hydrogen-bond donors (Lipinski definition) is 2. The second-order valence-electron chi connectivity index (χ2n) is 3.95. The number of rotatable bonds is 2. The lowest BCUT2D eigenvalue weighted by Crippen LogP contribution is -2.26. The van der Waals surface area contributed by atoms with Crippen LogP contribution in [0.15, 0.2) is 24.3 Å². The third-order valence-corrected chi connectivity index (χ3v) is 2.97. The molecule has 0 aromatic heterocycles. The Bertz CT molecular complexity index is 345. The van der Waals surface area contributed by atoms with Crippen LogP contribution in [-0.4, -0.2) is 24.2 Å². The molecule has 0 saturated carbocycles. The normalized spacial score (nSPS) is 16.5.